The van der Waals surface area contributed by atoms with E-state index in [0.29, 0.717) is 0 Å². The molecule has 0 N–H and O–H groups in total. The zero-order chi connectivity index (χ0) is 16.2. The second-order valence-corrected chi connectivity index (χ2v) is 5.37. The fourth-order valence-corrected chi connectivity index (χ4v) is 2.55. The lowest BCUT2D eigenvalue weighted by atomic mass is 10.0. The van der Waals surface area contributed by atoms with Gasteiger partial charge in [-0.1, -0.05) is 60.1 Å². The van der Waals surface area contributed by atoms with Crippen molar-refractivity contribution < 1.29 is 4.79 Å². The van der Waals surface area contributed by atoms with Crippen LogP contribution in [0.15, 0.2) is 67.1 Å². The fourth-order valence-electron chi connectivity index (χ4n) is 2.37. The standard InChI is InChI=1S/C18H14ClN3O/c1-22(18(23)17-15(19)11-20-12-21-17)16-10-6-5-9-14(16)13-7-3-2-4-8-13/h2-12H,1H3. The number of nitrogens with zero attached hydrogens (tertiary/aromatic N) is 3. The number of rotatable bonds is 3. The van der Waals surface area contributed by atoms with Crippen LogP contribution in [-0.4, -0.2) is 22.9 Å². The number of hydrogen-bond donors (Lipinski definition) is 0. The van der Waals surface area contributed by atoms with Crippen molar-refractivity contribution in [2.45, 2.75) is 0 Å². The van der Waals surface area contributed by atoms with E-state index < -0.39 is 0 Å². The Bertz CT molecular complexity index is 836. The molecule has 0 aliphatic heterocycles. The Kier molecular flexibility index (Phi) is 4.35. The van der Waals surface area contributed by atoms with Crippen LogP contribution in [0.1, 0.15) is 10.5 Å². The molecule has 0 aliphatic carbocycles. The topological polar surface area (TPSA) is 46.1 Å². The van der Waals surface area contributed by atoms with E-state index in [9.17, 15) is 4.79 Å². The molecule has 0 bridgehead atoms. The van der Waals surface area contributed by atoms with Gasteiger partial charge in [-0.15, -0.1) is 0 Å². The fraction of sp³-hybridized carbons (Fsp3) is 0.0556. The Morgan fingerprint density at radius 2 is 1.74 bits per heavy atom. The lowest BCUT2D eigenvalue weighted by Gasteiger charge is -2.21. The predicted molar refractivity (Wildman–Crippen MR) is 91.7 cm³/mol. The average Bonchev–Trinajstić information content (AvgIpc) is 2.62. The zero-order valence-electron chi connectivity index (χ0n) is 12.5. The third-order valence-electron chi connectivity index (χ3n) is 3.53. The lowest BCUT2D eigenvalue weighted by Crippen LogP contribution is -2.28. The summed E-state index contributed by atoms with van der Waals surface area (Å²) in [5.74, 6) is -0.277. The van der Waals surface area contributed by atoms with Crippen molar-refractivity contribution in [3.63, 3.8) is 0 Å². The molecule has 0 radical (unpaired) electrons. The van der Waals surface area contributed by atoms with E-state index >= 15 is 0 Å². The minimum atomic E-state index is -0.277. The monoisotopic (exact) mass is 323 g/mol. The molecule has 0 saturated heterocycles. The van der Waals surface area contributed by atoms with Crippen LogP contribution in [0, 0.1) is 0 Å². The number of para-hydroxylation sites is 1. The first-order valence-corrected chi connectivity index (χ1v) is 7.44. The minimum Gasteiger partial charge on any atom is -0.309 e. The van der Waals surface area contributed by atoms with Crippen LogP contribution in [0.4, 0.5) is 5.69 Å². The van der Waals surface area contributed by atoms with Gasteiger partial charge in [0.1, 0.15) is 6.33 Å². The van der Waals surface area contributed by atoms with E-state index in [0.717, 1.165) is 16.8 Å². The van der Waals surface area contributed by atoms with Gasteiger partial charge in [0.2, 0.25) is 0 Å². The molecular formula is C18H14ClN3O. The quantitative estimate of drug-likeness (QED) is 0.729. The zero-order valence-corrected chi connectivity index (χ0v) is 13.2. The summed E-state index contributed by atoms with van der Waals surface area (Å²) in [6, 6.07) is 17.6. The molecule has 1 heterocycles. The van der Waals surface area contributed by atoms with E-state index in [1.54, 1.807) is 11.9 Å². The van der Waals surface area contributed by atoms with Gasteiger partial charge in [-0.2, -0.15) is 0 Å². The summed E-state index contributed by atoms with van der Waals surface area (Å²) in [4.78, 5) is 22.1. The third-order valence-corrected chi connectivity index (χ3v) is 3.80. The second-order valence-electron chi connectivity index (χ2n) is 4.97. The summed E-state index contributed by atoms with van der Waals surface area (Å²) in [6.07, 6.45) is 2.73. The highest BCUT2D eigenvalue weighted by Gasteiger charge is 2.20. The van der Waals surface area contributed by atoms with Gasteiger partial charge in [0.25, 0.3) is 5.91 Å². The number of aromatic nitrogens is 2. The number of amides is 1. The van der Waals surface area contributed by atoms with E-state index in [1.165, 1.54) is 12.5 Å². The van der Waals surface area contributed by atoms with Gasteiger partial charge >= 0.3 is 0 Å². The molecule has 3 rings (SSSR count). The molecule has 0 fully saturated rings. The van der Waals surface area contributed by atoms with Crippen LogP contribution in [0.25, 0.3) is 11.1 Å². The highest BCUT2D eigenvalue weighted by atomic mass is 35.5. The van der Waals surface area contributed by atoms with Crippen molar-refractivity contribution in [1.29, 1.82) is 0 Å². The Hall–Kier alpha value is -2.72. The van der Waals surface area contributed by atoms with Gasteiger partial charge < -0.3 is 4.90 Å². The van der Waals surface area contributed by atoms with Crippen LogP contribution in [0.3, 0.4) is 0 Å². The van der Waals surface area contributed by atoms with E-state index in [2.05, 4.69) is 9.97 Å². The summed E-state index contributed by atoms with van der Waals surface area (Å²) >= 11 is 6.03. The van der Waals surface area contributed by atoms with Gasteiger partial charge in [0.15, 0.2) is 5.69 Å². The molecule has 0 aliphatic rings. The maximum atomic E-state index is 12.7. The molecule has 1 amide bonds. The van der Waals surface area contributed by atoms with Crippen molar-refractivity contribution in [1.82, 2.24) is 9.97 Å². The molecule has 4 nitrogen and oxygen atoms in total. The number of benzene rings is 2. The number of halogens is 1. The van der Waals surface area contributed by atoms with Crippen LogP contribution in [-0.2, 0) is 0 Å². The smallest absolute Gasteiger partial charge is 0.278 e. The molecule has 0 unspecified atom stereocenters. The van der Waals surface area contributed by atoms with Crippen molar-refractivity contribution in [3.05, 3.63) is 77.8 Å². The minimum absolute atomic E-state index is 0.187. The Morgan fingerprint density at radius 1 is 1.04 bits per heavy atom. The van der Waals surface area contributed by atoms with E-state index in [-0.39, 0.29) is 16.6 Å². The highest BCUT2D eigenvalue weighted by Crippen LogP contribution is 2.31. The normalized spacial score (nSPS) is 10.3. The molecule has 114 valence electrons. The number of carbonyl (C=O) groups is 1. The van der Waals surface area contributed by atoms with Gasteiger partial charge in [-0.25, -0.2) is 9.97 Å². The molecule has 5 heteroatoms. The largest absolute Gasteiger partial charge is 0.309 e. The SMILES string of the molecule is CN(C(=O)c1ncncc1Cl)c1ccccc1-c1ccccc1. The number of carbonyl (C=O) groups excluding carboxylic acids is 1. The molecule has 0 atom stereocenters. The second kappa shape index (κ2) is 6.58. The van der Waals surface area contributed by atoms with E-state index in [4.69, 9.17) is 11.6 Å². The summed E-state index contributed by atoms with van der Waals surface area (Å²) in [6.45, 7) is 0. The van der Waals surface area contributed by atoms with Gasteiger partial charge in [-0.05, 0) is 11.6 Å². The van der Waals surface area contributed by atoms with Crippen molar-refractivity contribution in [3.8, 4) is 11.1 Å². The first-order valence-electron chi connectivity index (χ1n) is 7.06. The number of hydrogen-bond acceptors (Lipinski definition) is 3. The molecule has 23 heavy (non-hydrogen) atoms. The Morgan fingerprint density at radius 3 is 2.48 bits per heavy atom. The maximum Gasteiger partial charge on any atom is 0.278 e. The molecule has 1 aromatic heterocycles. The van der Waals surface area contributed by atoms with Gasteiger partial charge in [0, 0.05) is 18.8 Å². The Labute approximate surface area is 139 Å². The third kappa shape index (κ3) is 3.07. The Balaban J connectivity index is 2.02. The number of anilines is 1. The maximum absolute atomic E-state index is 12.7. The summed E-state index contributed by atoms with van der Waals surface area (Å²) in [7, 11) is 1.71. The van der Waals surface area contributed by atoms with E-state index in [1.807, 2.05) is 54.6 Å². The van der Waals surface area contributed by atoms with Crippen LogP contribution in [0.5, 0.6) is 0 Å². The molecular weight excluding hydrogens is 310 g/mol. The first kappa shape index (κ1) is 15.2. The lowest BCUT2D eigenvalue weighted by molar-refractivity contribution is 0.0988. The summed E-state index contributed by atoms with van der Waals surface area (Å²) in [5, 5.41) is 0.238. The van der Waals surface area contributed by atoms with Crippen molar-refractivity contribution in [2.75, 3.05) is 11.9 Å². The molecule has 0 spiro atoms. The highest BCUT2D eigenvalue weighted by molar-refractivity contribution is 6.34. The first-order chi connectivity index (χ1) is 11.2. The summed E-state index contributed by atoms with van der Waals surface area (Å²) < 4.78 is 0. The van der Waals surface area contributed by atoms with Crippen LogP contribution in [0.2, 0.25) is 5.02 Å². The van der Waals surface area contributed by atoms with Crippen LogP contribution >= 0.6 is 11.6 Å². The van der Waals surface area contributed by atoms with Crippen molar-refractivity contribution >= 4 is 23.2 Å². The predicted octanol–water partition coefficient (Wildman–Crippen LogP) is 4.07. The van der Waals surface area contributed by atoms with Crippen LogP contribution < -0.4 is 4.90 Å². The van der Waals surface area contributed by atoms with Gasteiger partial charge in [-0.3, -0.25) is 4.79 Å². The average molecular weight is 324 g/mol. The summed E-state index contributed by atoms with van der Waals surface area (Å²) in [5.41, 5.74) is 2.98. The molecule has 3 aromatic rings. The van der Waals surface area contributed by atoms with Gasteiger partial charge in [0.05, 0.1) is 10.7 Å². The molecule has 2 aromatic carbocycles. The molecule has 0 saturated carbocycles. The van der Waals surface area contributed by atoms with Crippen molar-refractivity contribution in [2.24, 2.45) is 0 Å².